The van der Waals surface area contributed by atoms with Crippen LogP contribution in [0.4, 0.5) is 0 Å². The van der Waals surface area contributed by atoms with E-state index in [1.807, 2.05) is 0 Å². The molecule has 1 N–H and O–H groups in total. The van der Waals surface area contributed by atoms with E-state index in [4.69, 9.17) is 5.11 Å². The fourth-order valence-electron chi connectivity index (χ4n) is 1.92. The molecule has 1 aliphatic rings. The fraction of sp³-hybridized carbons (Fsp3) is 0.800. The van der Waals surface area contributed by atoms with Gasteiger partial charge in [0.05, 0.1) is 11.7 Å². The lowest BCUT2D eigenvalue weighted by Crippen LogP contribution is -2.31. The second-order valence-corrected chi connectivity index (χ2v) is 6.86. The minimum Gasteiger partial charge on any atom is -0.481 e. The SMILES string of the molecule is C[C@@H]1CN(C(=O)CCS(C)(=O)=O)C[C@H]1C(=O)O. The van der Waals surface area contributed by atoms with Crippen LogP contribution in [0.2, 0.25) is 0 Å². The van der Waals surface area contributed by atoms with Gasteiger partial charge in [-0.25, -0.2) is 8.42 Å². The first kappa shape index (κ1) is 14.0. The first-order chi connectivity index (χ1) is 7.70. The van der Waals surface area contributed by atoms with Gasteiger partial charge in [-0.15, -0.1) is 0 Å². The van der Waals surface area contributed by atoms with Crippen LogP contribution in [0.25, 0.3) is 0 Å². The zero-order chi connectivity index (χ0) is 13.2. The second kappa shape index (κ2) is 5.03. The van der Waals surface area contributed by atoms with E-state index in [-0.39, 0.29) is 30.5 Å². The zero-order valence-corrected chi connectivity index (χ0v) is 10.7. The van der Waals surface area contributed by atoms with E-state index in [1.54, 1.807) is 6.92 Å². The minimum atomic E-state index is -3.16. The molecular weight excluding hydrogens is 246 g/mol. The molecule has 17 heavy (non-hydrogen) atoms. The number of carbonyl (C=O) groups excluding carboxylic acids is 1. The zero-order valence-electron chi connectivity index (χ0n) is 9.92. The summed E-state index contributed by atoms with van der Waals surface area (Å²) in [5.41, 5.74) is 0. The number of carbonyl (C=O) groups is 2. The highest BCUT2D eigenvalue weighted by Crippen LogP contribution is 2.23. The third-order valence-corrected chi connectivity index (χ3v) is 3.91. The summed E-state index contributed by atoms with van der Waals surface area (Å²) in [6.07, 6.45) is 1.00. The van der Waals surface area contributed by atoms with E-state index in [0.29, 0.717) is 6.54 Å². The van der Waals surface area contributed by atoms with E-state index in [1.165, 1.54) is 4.90 Å². The fourth-order valence-corrected chi connectivity index (χ4v) is 2.47. The lowest BCUT2D eigenvalue weighted by Gasteiger charge is -2.15. The lowest BCUT2D eigenvalue weighted by molar-refractivity contribution is -0.142. The van der Waals surface area contributed by atoms with Crippen LogP contribution in [-0.4, -0.2) is 55.4 Å². The van der Waals surface area contributed by atoms with Crippen molar-refractivity contribution in [2.75, 3.05) is 25.1 Å². The van der Waals surface area contributed by atoms with Gasteiger partial charge in [-0.05, 0) is 5.92 Å². The molecule has 7 heteroatoms. The highest BCUT2D eigenvalue weighted by Gasteiger charge is 2.36. The van der Waals surface area contributed by atoms with Gasteiger partial charge in [0.15, 0.2) is 0 Å². The molecule has 1 fully saturated rings. The van der Waals surface area contributed by atoms with Crippen molar-refractivity contribution < 1.29 is 23.1 Å². The predicted molar refractivity (Wildman–Crippen MR) is 61.2 cm³/mol. The summed E-state index contributed by atoms with van der Waals surface area (Å²) in [6.45, 7) is 2.35. The van der Waals surface area contributed by atoms with E-state index in [2.05, 4.69) is 0 Å². The average molecular weight is 263 g/mol. The Kier molecular flexibility index (Phi) is 4.13. The van der Waals surface area contributed by atoms with Crippen LogP contribution in [0.15, 0.2) is 0 Å². The summed E-state index contributed by atoms with van der Waals surface area (Å²) in [4.78, 5) is 24.0. The molecule has 1 rings (SSSR count). The molecule has 1 aliphatic heterocycles. The Hall–Kier alpha value is -1.11. The number of nitrogens with zero attached hydrogens (tertiary/aromatic N) is 1. The first-order valence-corrected chi connectivity index (χ1v) is 7.45. The lowest BCUT2D eigenvalue weighted by atomic mass is 9.99. The number of likely N-dealkylation sites (tertiary alicyclic amines) is 1. The Labute approximate surface area is 101 Å². The number of carboxylic acid groups (broad SMARTS) is 1. The number of carboxylic acids is 1. The first-order valence-electron chi connectivity index (χ1n) is 5.39. The molecule has 0 aromatic rings. The van der Waals surface area contributed by atoms with E-state index < -0.39 is 21.7 Å². The molecule has 0 aromatic carbocycles. The van der Waals surface area contributed by atoms with Crippen molar-refractivity contribution in [3.05, 3.63) is 0 Å². The third-order valence-electron chi connectivity index (χ3n) is 2.97. The van der Waals surface area contributed by atoms with Crippen LogP contribution in [0.3, 0.4) is 0 Å². The van der Waals surface area contributed by atoms with Gasteiger partial charge in [-0.3, -0.25) is 9.59 Å². The quantitative estimate of drug-likeness (QED) is 0.745. The molecule has 2 atom stereocenters. The summed E-state index contributed by atoms with van der Waals surface area (Å²) < 4.78 is 21.8. The van der Waals surface area contributed by atoms with Gasteiger partial charge in [-0.2, -0.15) is 0 Å². The molecule has 0 unspecified atom stereocenters. The van der Waals surface area contributed by atoms with Crippen LogP contribution in [0, 0.1) is 11.8 Å². The van der Waals surface area contributed by atoms with Gasteiger partial charge in [0.2, 0.25) is 5.91 Å². The van der Waals surface area contributed by atoms with Gasteiger partial charge >= 0.3 is 5.97 Å². The maximum absolute atomic E-state index is 11.7. The Bertz CT molecular complexity index is 416. The number of aliphatic carboxylic acids is 1. The Balaban J connectivity index is 2.53. The second-order valence-electron chi connectivity index (χ2n) is 4.60. The largest absolute Gasteiger partial charge is 0.481 e. The highest BCUT2D eigenvalue weighted by atomic mass is 32.2. The van der Waals surface area contributed by atoms with Gasteiger partial charge in [0, 0.05) is 25.8 Å². The van der Waals surface area contributed by atoms with Crippen molar-refractivity contribution in [3.63, 3.8) is 0 Å². The molecule has 0 aliphatic carbocycles. The molecule has 1 amide bonds. The smallest absolute Gasteiger partial charge is 0.308 e. The molecular formula is C10H17NO5S. The van der Waals surface area contributed by atoms with Crippen molar-refractivity contribution >= 4 is 21.7 Å². The molecule has 0 bridgehead atoms. The van der Waals surface area contributed by atoms with Crippen LogP contribution in [0.5, 0.6) is 0 Å². The molecule has 1 heterocycles. The average Bonchev–Trinajstić information content (AvgIpc) is 2.55. The van der Waals surface area contributed by atoms with Crippen LogP contribution >= 0.6 is 0 Å². The summed E-state index contributed by atoms with van der Waals surface area (Å²) in [6, 6.07) is 0. The Morgan fingerprint density at radius 1 is 1.35 bits per heavy atom. The van der Waals surface area contributed by atoms with Gasteiger partial charge in [0.25, 0.3) is 0 Å². The minimum absolute atomic E-state index is 0.0715. The topological polar surface area (TPSA) is 91.8 Å². The molecule has 0 spiro atoms. The number of sulfone groups is 1. The van der Waals surface area contributed by atoms with Crippen molar-refractivity contribution in [1.29, 1.82) is 0 Å². The predicted octanol–water partition coefficient (Wildman–Crippen LogP) is -0.400. The van der Waals surface area contributed by atoms with Gasteiger partial charge < -0.3 is 10.0 Å². The number of hydrogen-bond acceptors (Lipinski definition) is 4. The van der Waals surface area contributed by atoms with Gasteiger partial charge in [0.1, 0.15) is 9.84 Å². The molecule has 0 aromatic heterocycles. The summed E-state index contributed by atoms with van der Waals surface area (Å²) in [5, 5.41) is 8.91. The van der Waals surface area contributed by atoms with Crippen LogP contribution in [0.1, 0.15) is 13.3 Å². The molecule has 1 saturated heterocycles. The number of hydrogen-bond donors (Lipinski definition) is 1. The summed E-state index contributed by atoms with van der Waals surface area (Å²) >= 11 is 0. The Morgan fingerprint density at radius 3 is 2.35 bits per heavy atom. The monoisotopic (exact) mass is 263 g/mol. The molecule has 98 valence electrons. The third kappa shape index (κ3) is 3.99. The summed E-state index contributed by atoms with van der Waals surface area (Å²) in [5.74, 6) is -2.01. The van der Waals surface area contributed by atoms with E-state index in [9.17, 15) is 18.0 Å². The van der Waals surface area contributed by atoms with E-state index >= 15 is 0 Å². The van der Waals surface area contributed by atoms with Crippen molar-refractivity contribution in [3.8, 4) is 0 Å². The van der Waals surface area contributed by atoms with Crippen molar-refractivity contribution in [2.45, 2.75) is 13.3 Å². The normalized spacial score (nSPS) is 24.9. The van der Waals surface area contributed by atoms with Crippen molar-refractivity contribution in [1.82, 2.24) is 4.90 Å². The van der Waals surface area contributed by atoms with Crippen molar-refractivity contribution in [2.24, 2.45) is 11.8 Å². The number of rotatable bonds is 4. The summed E-state index contributed by atoms with van der Waals surface area (Å²) in [7, 11) is -3.16. The molecule has 0 saturated carbocycles. The molecule has 6 nitrogen and oxygen atoms in total. The van der Waals surface area contributed by atoms with E-state index in [0.717, 1.165) is 6.26 Å². The number of amides is 1. The highest BCUT2D eigenvalue weighted by molar-refractivity contribution is 7.90. The standard InChI is InChI=1S/C10H17NO5S/c1-7-5-11(6-8(7)10(13)14)9(12)3-4-17(2,15)16/h7-8H,3-6H2,1-2H3,(H,13,14)/t7-,8-/m1/s1. The van der Waals surface area contributed by atoms with Crippen LogP contribution < -0.4 is 0 Å². The van der Waals surface area contributed by atoms with Crippen LogP contribution in [-0.2, 0) is 19.4 Å². The molecule has 0 radical (unpaired) electrons. The van der Waals surface area contributed by atoms with Gasteiger partial charge in [-0.1, -0.05) is 6.92 Å². The maximum atomic E-state index is 11.7. The Morgan fingerprint density at radius 2 is 1.94 bits per heavy atom. The maximum Gasteiger partial charge on any atom is 0.308 e.